The minimum absolute atomic E-state index is 0.0154. The van der Waals surface area contributed by atoms with Crippen LogP contribution < -0.4 is 11.2 Å². The molecule has 2 aliphatic heterocycles. The van der Waals surface area contributed by atoms with Gasteiger partial charge in [0.05, 0.1) is 12.6 Å². The van der Waals surface area contributed by atoms with Crippen LogP contribution in [0, 0.1) is 0 Å². The number of rotatable bonds is 8. The first kappa shape index (κ1) is 17.7. The zero-order valence-corrected chi connectivity index (χ0v) is 14.1. The lowest BCUT2D eigenvalue weighted by Crippen LogP contribution is -2.49. The molecule has 25 heavy (non-hydrogen) atoms. The fraction of sp³-hybridized carbons (Fsp3) is 0.529. The first-order valence-corrected chi connectivity index (χ1v) is 8.59. The van der Waals surface area contributed by atoms with Gasteiger partial charge in [-0.15, -0.1) is 0 Å². The lowest BCUT2D eigenvalue weighted by molar-refractivity contribution is -0.141. The highest BCUT2D eigenvalue weighted by Gasteiger charge is 2.47. The average Bonchev–Trinajstić information content (AvgIpc) is 2.88. The van der Waals surface area contributed by atoms with Crippen molar-refractivity contribution >= 4 is 11.9 Å². The third kappa shape index (κ3) is 4.09. The number of fused-ring (bicyclic) bond motifs is 2. The third-order valence-corrected chi connectivity index (χ3v) is 4.46. The molecule has 2 heterocycles. The quantitative estimate of drug-likeness (QED) is 0.535. The Labute approximate surface area is 146 Å². The first-order valence-electron chi connectivity index (χ1n) is 8.59. The number of urea groups is 1. The van der Waals surface area contributed by atoms with Crippen molar-refractivity contribution in [2.24, 2.45) is 5.73 Å². The number of nitrogens with two attached hydrogens (primary N) is 1. The van der Waals surface area contributed by atoms with Crippen molar-refractivity contribution in [1.82, 2.24) is 15.4 Å². The van der Waals surface area contributed by atoms with Crippen molar-refractivity contribution in [2.45, 2.75) is 38.0 Å². The third-order valence-electron chi connectivity index (χ3n) is 4.46. The van der Waals surface area contributed by atoms with Crippen molar-refractivity contribution in [1.29, 1.82) is 0 Å². The monoisotopic (exact) mass is 348 g/mol. The Bertz CT molecular complexity index is 598. The molecule has 8 nitrogen and oxygen atoms in total. The number of benzene rings is 1. The van der Waals surface area contributed by atoms with Gasteiger partial charge < -0.3 is 10.6 Å². The van der Waals surface area contributed by atoms with E-state index in [1.54, 1.807) is 4.90 Å². The van der Waals surface area contributed by atoms with E-state index in [0.717, 1.165) is 12.0 Å². The lowest BCUT2D eigenvalue weighted by atomic mass is 10.0. The maximum Gasteiger partial charge on any atom is 0.345 e. The number of amides is 3. The fourth-order valence-corrected chi connectivity index (χ4v) is 3.13. The minimum Gasteiger partial charge on any atom is -0.330 e. The van der Waals surface area contributed by atoms with Crippen molar-refractivity contribution in [3.05, 3.63) is 35.9 Å². The molecule has 0 unspecified atom stereocenters. The Morgan fingerprint density at radius 1 is 1.28 bits per heavy atom. The number of nitrogens with zero attached hydrogens (tertiary/aromatic N) is 2. The summed E-state index contributed by atoms with van der Waals surface area (Å²) >= 11 is 0. The molecule has 136 valence electrons. The van der Waals surface area contributed by atoms with E-state index in [0.29, 0.717) is 39.1 Å². The zero-order chi connectivity index (χ0) is 17.6. The van der Waals surface area contributed by atoms with Gasteiger partial charge in [-0.05, 0) is 31.4 Å². The van der Waals surface area contributed by atoms with Crippen LogP contribution in [-0.4, -0.2) is 53.7 Å². The van der Waals surface area contributed by atoms with Gasteiger partial charge in [0.25, 0.3) is 5.91 Å². The Kier molecular flexibility index (Phi) is 5.85. The number of carbonyl (C=O) groups is 2. The Morgan fingerprint density at radius 3 is 2.84 bits per heavy atom. The molecule has 2 fully saturated rings. The Balaban J connectivity index is 1.54. The van der Waals surface area contributed by atoms with Crippen LogP contribution in [-0.2, 0) is 21.1 Å². The maximum atomic E-state index is 12.6. The van der Waals surface area contributed by atoms with Gasteiger partial charge >= 0.3 is 6.03 Å². The first-order chi connectivity index (χ1) is 12.2. The molecular weight excluding hydrogens is 324 g/mol. The predicted molar refractivity (Wildman–Crippen MR) is 89.7 cm³/mol. The summed E-state index contributed by atoms with van der Waals surface area (Å²) in [5.74, 6) is -0.297. The van der Waals surface area contributed by atoms with Gasteiger partial charge in [0.15, 0.2) is 0 Å². The van der Waals surface area contributed by atoms with E-state index in [1.165, 1.54) is 5.06 Å². The second kappa shape index (κ2) is 8.28. The molecule has 0 saturated carbocycles. The number of carbonyl (C=O) groups excluding carboxylic acids is 2. The predicted octanol–water partition coefficient (Wildman–Crippen LogP) is 0.783. The second-order valence-corrected chi connectivity index (χ2v) is 6.22. The van der Waals surface area contributed by atoms with Crippen molar-refractivity contribution in [2.75, 3.05) is 19.7 Å². The molecule has 1 aromatic rings. The molecule has 2 bridgehead atoms. The number of hydrogen-bond acceptors (Lipinski definition) is 5. The highest BCUT2D eigenvalue weighted by Crippen LogP contribution is 2.30. The minimum atomic E-state index is -0.521. The van der Waals surface area contributed by atoms with Crippen LogP contribution in [0.15, 0.2) is 30.3 Å². The molecule has 0 spiro atoms. The molecule has 0 aliphatic carbocycles. The molecule has 2 atom stereocenters. The zero-order valence-electron chi connectivity index (χ0n) is 14.1. The molecule has 2 saturated heterocycles. The summed E-state index contributed by atoms with van der Waals surface area (Å²) in [5, 5.41) is 1.41. The Morgan fingerprint density at radius 2 is 2.08 bits per heavy atom. The summed E-state index contributed by atoms with van der Waals surface area (Å²) in [4.78, 5) is 37.2. The topological polar surface area (TPSA) is 97.1 Å². The van der Waals surface area contributed by atoms with Crippen LogP contribution in [0.4, 0.5) is 4.79 Å². The van der Waals surface area contributed by atoms with E-state index in [1.807, 2.05) is 30.3 Å². The molecule has 3 N–H and O–H groups in total. The summed E-state index contributed by atoms with van der Waals surface area (Å²) in [6, 6.07) is 8.88. The number of hydrogen-bond donors (Lipinski definition) is 2. The SMILES string of the molecule is NCCCONC(=O)[C@@H]1CC[C@@H]2CN1C(=O)N2OCc1ccccc1. The molecular formula is C17H24N4O4. The number of hydroxylamine groups is 3. The van der Waals surface area contributed by atoms with Crippen LogP contribution in [0.3, 0.4) is 0 Å². The highest BCUT2D eigenvalue weighted by molar-refractivity contribution is 5.88. The molecule has 2 aliphatic rings. The molecule has 8 heteroatoms. The average molecular weight is 348 g/mol. The normalized spacial score (nSPS) is 22.4. The highest BCUT2D eigenvalue weighted by atomic mass is 16.7. The van der Waals surface area contributed by atoms with Crippen LogP contribution >= 0.6 is 0 Å². The summed E-state index contributed by atoms with van der Waals surface area (Å²) in [6.45, 7) is 1.68. The van der Waals surface area contributed by atoms with Crippen LogP contribution in [0.1, 0.15) is 24.8 Å². The molecule has 1 aromatic carbocycles. The maximum absolute atomic E-state index is 12.6. The molecule has 0 aromatic heterocycles. The van der Waals surface area contributed by atoms with Crippen molar-refractivity contribution in [3.63, 3.8) is 0 Å². The Hall–Kier alpha value is -2.16. The van der Waals surface area contributed by atoms with Crippen LogP contribution in [0.25, 0.3) is 0 Å². The van der Waals surface area contributed by atoms with E-state index in [2.05, 4.69) is 5.48 Å². The summed E-state index contributed by atoms with van der Waals surface area (Å²) in [7, 11) is 0. The van der Waals surface area contributed by atoms with Gasteiger partial charge in [-0.25, -0.2) is 10.3 Å². The largest absolute Gasteiger partial charge is 0.345 e. The standard InChI is InChI=1S/C17H24N4O4/c18-9-4-10-24-19-16(22)15-8-7-14-11-20(15)17(23)21(14)25-12-13-5-2-1-3-6-13/h1-3,5-6,14-15H,4,7-12,18H2,(H,19,22)/t14-,15+/m1/s1. The van der Waals surface area contributed by atoms with Gasteiger partial charge in [-0.2, -0.15) is 5.06 Å². The molecule has 0 radical (unpaired) electrons. The van der Waals surface area contributed by atoms with E-state index >= 15 is 0 Å². The number of nitrogens with one attached hydrogen (secondary N) is 1. The number of piperidine rings is 1. The lowest BCUT2D eigenvalue weighted by Gasteiger charge is -2.28. The molecule has 3 amide bonds. The summed E-state index contributed by atoms with van der Waals surface area (Å²) in [6.07, 6.45) is 1.97. The van der Waals surface area contributed by atoms with Gasteiger partial charge in [0, 0.05) is 6.54 Å². The smallest absolute Gasteiger partial charge is 0.330 e. The summed E-state index contributed by atoms with van der Waals surface area (Å²) < 4.78 is 0. The van der Waals surface area contributed by atoms with Crippen molar-refractivity contribution < 1.29 is 19.3 Å². The molecule has 3 rings (SSSR count). The van der Waals surface area contributed by atoms with Crippen molar-refractivity contribution in [3.8, 4) is 0 Å². The van der Waals surface area contributed by atoms with E-state index in [-0.39, 0.29) is 18.0 Å². The van der Waals surface area contributed by atoms with Gasteiger partial charge in [0.1, 0.15) is 12.6 Å². The van der Waals surface area contributed by atoms with Gasteiger partial charge in [-0.1, -0.05) is 30.3 Å². The fourth-order valence-electron chi connectivity index (χ4n) is 3.13. The van der Waals surface area contributed by atoms with Crippen LogP contribution in [0.2, 0.25) is 0 Å². The second-order valence-electron chi connectivity index (χ2n) is 6.22. The van der Waals surface area contributed by atoms with Crippen LogP contribution in [0.5, 0.6) is 0 Å². The summed E-state index contributed by atoms with van der Waals surface area (Å²) in [5.41, 5.74) is 8.79. The van der Waals surface area contributed by atoms with E-state index in [9.17, 15) is 9.59 Å². The van der Waals surface area contributed by atoms with E-state index in [4.69, 9.17) is 15.4 Å². The van der Waals surface area contributed by atoms with E-state index < -0.39 is 6.04 Å². The van der Waals surface area contributed by atoms with Gasteiger partial charge in [0.2, 0.25) is 0 Å². The van der Waals surface area contributed by atoms with Gasteiger partial charge in [-0.3, -0.25) is 14.5 Å².